The van der Waals surface area contributed by atoms with Crippen molar-refractivity contribution in [3.05, 3.63) is 33.1 Å². The van der Waals surface area contributed by atoms with Crippen LogP contribution in [0.1, 0.15) is 40.3 Å². The summed E-state index contributed by atoms with van der Waals surface area (Å²) in [4.78, 5) is 37.1. The second-order valence-electron chi connectivity index (χ2n) is 6.28. The average Bonchev–Trinajstić information content (AvgIpc) is 2.69. The van der Waals surface area contributed by atoms with E-state index in [9.17, 15) is 14.4 Å². The summed E-state index contributed by atoms with van der Waals surface area (Å²) in [6, 6.07) is 1.25. The SMILES string of the molecule is C[C@H]1C[C@@H](C(=O)OC(C)(C)C)O[C@H]1n1ccc(=O)[nH]c1=O. The van der Waals surface area contributed by atoms with Crippen molar-refractivity contribution in [1.29, 1.82) is 0 Å². The number of ether oxygens (including phenoxy) is 2. The number of hydrogen-bond acceptors (Lipinski definition) is 5. The van der Waals surface area contributed by atoms with Crippen LogP contribution in [-0.2, 0) is 14.3 Å². The highest BCUT2D eigenvalue weighted by Gasteiger charge is 2.39. The van der Waals surface area contributed by atoms with Crippen LogP contribution in [0.3, 0.4) is 0 Å². The monoisotopic (exact) mass is 296 g/mol. The maximum absolute atomic E-state index is 12.0. The van der Waals surface area contributed by atoms with E-state index in [1.165, 1.54) is 16.8 Å². The van der Waals surface area contributed by atoms with Crippen molar-refractivity contribution in [1.82, 2.24) is 9.55 Å². The predicted molar refractivity (Wildman–Crippen MR) is 74.9 cm³/mol. The van der Waals surface area contributed by atoms with Crippen LogP contribution in [0.25, 0.3) is 0 Å². The van der Waals surface area contributed by atoms with Gasteiger partial charge >= 0.3 is 11.7 Å². The number of esters is 1. The van der Waals surface area contributed by atoms with Crippen LogP contribution >= 0.6 is 0 Å². The van der Waals surface area contributed by atoms with Gasteiger partial charge in [0.15, 0.2) is 6.10 Å². The molecular weight excluding hydrogens is 276 g/mol. The molecule has 2 heterocycles. The van der Waals surface area contributed by atoms with Gasteiger partial charge in [-0.05, 0) is 27.2 Å². The number of carbonyl (C=O) groups excluding carboxylic acids is 1. The molecule has 7 nitrogen and oxygen atoms in total. The summed E-state index contributed by atoms with van der Waals surface area (Å²) in [6.07, 6.45) is 0.542. The molecule has 116 valence electrons. The molecule has 21 heavy (non-hydrogen) atoms. The van der Waals surface area contributed by atoms with Crippen LogP contribution in [0.2, 0.25) is 0 Å². The van der Waals surface area contributed by atoms with E-state index in [0.29, 0.717) is 6.42 Å². The molecule has 1 N–H and O–H groups in total. The average molecular weight is 296 g/mol. The number of carbonyl (C=O) groups is 1. The lowest BCUT2D eigenvalue weighted by Crippen LogP contribution is -2.34. The quantitative estimate of drug-likeness (QED) is 0.815. The van der Waals surface area contributed by atoms with Gasteiger partial charge in [-0.1, -0.05) is 6.92 Å². The van der Waals surface area contributed by atoms with Gasteiger partial charge in [0.25, 0.3) is 5.56 Å². The van der Waals surface area contributed by atoms with E-state index in [0.717, 1.165) is 0 Å². The van der Waals surface area contributed by atoms with Crippen LogP contribution in [-0.4, -0.2) is 27.2 Å². The Morgan fingerprint density at radius 2 is 2.10 bits per heavy atom. The molecule has 2 rings (SSSR count). The minimum Gasteiger partial charge on any atom is -0.458 e. The first-order valence-corrected chi connectivity index (χ1v) is 6.87. The van der Waals surface area contributed by atoms with Gasteiger partial charge in [0.05, 0.1) is 0 Å². The third-order valence-corrected chi connectivity index (χ3v) is 3.17. The topological polar surface area (TPSA) is 90.4 Å². The van der Waals surface area contributed by atoms with Gasteiger partial charge in [-0.25, -0.2) is 9.59 Å². The number of rotatable bonds is 2. The third-order valence-electron chi connectivity index (χ3n) is 3.17. The van der Waals surface area contributed by atoms with E-state index >= 15 is 0 Å². The second kappa shape index (κ2) is 5.48. The minimum atomic E-state index is -0.706. The van der Waals surface area contributed by atoms with Crippen LogP contribution in [0.15, 0.2) is 21.9 Å². The van der Waals surface area contributed by atoms with Crippen LogP contribution in [0.4, 0.5) is 0 Å². The summed E-state index contributed by atoms with van der Waals surface area (Å²) >= 11 is 0. The predicted octanol–water partition coefficient (Wildman–Crippen LogP) is 0.802. The van der Waals surface area contributed by atoms with Crippen molar-refractivity contribution in [3.63, 3.8) is 0 Å². The molecule has 0 radical (unpaired) electrons. The number of aromatic nitrogens is 2. The molecule has 0 aromatic carbocycles. The van der Waals surface area contributed by atoms with Gasteiger partial charge in [-0.2, -0.15) is 0 Å². The molecule has 1 saturated heterocycles. The molecule has 3 atom stereocenters. The molecule has 0 spiro atoms. The highest BCUT2D eigenvalue weighted by atomic mass is 16.6. The van der Waals surface area contributed by atoms with Crippen molar-refractivity contribution in [3.8, 4) is 0 Å². The van der Waals surface area contributed by atoms with Crippen molar-refractivity contribution >= 4 is 5.97 Å². The lowest BCUT2D eigenvalue weighted by molar-refractivity contribution is -0.169. The summed E-state index contributed by atoms with van der Waals surface area (Å²) in [5.41, 5.74) is -1.61. The number of nitrogens with zero attached hydrogens (tertiary/aromatic N) is 1. The van der Waals surface area contributed by atoms with Gasteiger partial charge in [0, 0.05) is 18.2 Å². The summed E-state index contributed by atoms with van der Waals surface area (Å²) in [5, 5.41) is 0. The fourth-order valence-corrected chi connectivity index (χ4v) is 2.30. The highest BCUT2D eigenvalue weighted by Crippen LogP contribution is 2.34. The minimum absolute atomic E-state index is 0.0499. The number of H-pyrrole nitrogens is 1. The molecule has 1 aliphatic rings. The summed E-state index contributed by atoms with van der Waals surface area (Å²) in [5.74, 6) is -0.486. The Bertz CT molecular complexity index is 640. The molecule has 0 bridgehead atoms. The Morgan fingerprint density at radius 1 is 1.43 bits per heavy atom. The van der Waals surface area contributed by atoms with Crippen molar-refractivity contribution in [2.45, 2.75) is 52.0 Å². The fourth-order valence-electron chi connectivity index (χ4n) is 2.30. The summed E-state index contributed by atoms with van der Waals surface area (Å²) in [6.45, 7) is 7.24. The van der Waals surface area contributed by atoms with Crippen molar-refractivity contribution < 1.29 is 14.3 Å². The van der Waals surface area contributed by atoms with Gasteiger partial charge in [0.1, 0.15) is 11.8 Å². The molecule has 1 fully saturated rings. The first-order chi connectivity index (χ1) is 9.67. The van der Waals surface area contributed by atoms with E-state index in [1.54, 1.807) is 20.8 Å². The lowest BCUT2D eigenvalue weighted by Gasteiger charge is -2.22. The summed E-state index contributed by atoms with van der Waals surface area (Å²) in [7, 11) is 0. The van der Waals surface area contributed by atoms with Crippen molar-refractivity contribution in [2.24, 2.45) is 5.92 Å². The zero-order chi connectivity index (χ0) is 15.8. The van der Waals surface area contributed by atoms with Crippen LogP contribution < -0.4 is 11.2 Å². The molecule has 0 amide bonds. The van der Waals surface area contributed by atoms with E-state index in [2.05, 4.69) is 4.98 Å². The van der Waals surface area contributed by atoms with Gasteiger partial charge in [0.2, 0.25) is 0 Å². The van der Waals surface area contributed by atoms with E-state index in [4.69, 9.17) is 9.47 Å². The zero-order valence-corrected chi connectivity index (χ0v) is 12.6. The van der Waals surface area contributed by atoms with Crippen LogP contribution in [0, 0.1) is 5.92 Å². The maximum atomic E-state index is 12.0. The maximum Gasteiger partial charge on any atom is 0.335 e. The molecule has 7 heteroatoms. The fraction of sp³-hybridized carbons (Fsp3) is 0.643. The largest absolute Gasteiger partial charge is 0.458 e. The molecule has 0 unspecified atom stereocenters. The number of aromatic amines is 1. The zero-order valence-electron chi connectivity index (χ0n) is 12.6. The Labute approximate surface area is 121 Å². The summed E-state index contributed by atoms with van der Waals surface area (Å²) < 4.78 is 12.2. The van der Waals surface area contributed by atoms with Crippen LogP contribution in [0.5, 0.6) is 0 Å². The Hall–Kier alpha value is -1.89. The van der Waals surface area contributed by atoms with Gasteiger partial charge < -0.3 is 9.47 Å². The van der Waals surface area contributed by atoms with E-state index in [1.807, 2.05) is 6.92 Å². The molecule has 0 saturated carbocycles. The standard InChI is InChI=1S/C14H20N2O5/c1-8-7-9(12(18)21-14(2,3)4)20-11(8)16-6-5-10(17)15-13(16)19/h5-6,8-9,11H,7H2,1-4H3,(H,15,17,19)/t8-,9-,11+/m0/s1. The lowest BCUT2D eigenvalue weighted by atomic mass is 10.1. The van der Waals surface area contributed by atoms with Crippen molar-refractivity contribution in [2.75, 3.05) is 0 Å². The number of hydrogen-bond donors (Lipinski definition) is 1. The highest BCUT2D eigenvalue weighted by molar-refractivity contribution is 5.75. The molecule has 0 aliphatic carbocycles. The second-order valence-corrected chi connectivity index (χ2v) is 6.28. The number of nitrogens with one attached hydrogen (secondary N) is 1. The smallest absolute Gasteiger partial charge is 0.335 e. The molecule has 1 aromatic rings. The Morgan fingerprint density at radius 3 is 2.67 bits per heavy atom. The first-order valence-electron chi connectivity index (χ1n) is 6.87. The van der Waals surface area contributed by atoms with E-state index < -0.39 is 35.2 Å². The Balaban J connectivity index is 2.16. The normalized spacial score (nSPS) is 25.8. The third kappa shape index (κ3) is 3.60. The first kappa shape index (κ1) is 15.5. The Kier molecular flexibility index (Phi) is 4.04. The van der Waals surface area contributed by atoms with Gasteiger partial charge in [-0.3, -0.25) is 14.3 Å². The molecular formula is C14H20N2O5. The molecule has 1 aliphatic heterocycles. The van der Waals surface area contributed by atoms with E-state index in [-0.39, 0.29) is 5.92 Å². The van der Waals surface area contributed by atoms with Gasteiger partial charge in [-0.15, -0.1) is 0 Å². The molecule has 1 aromatic heterocycles.